The fourth-order valence-electron chi connectivity index (χ4n) is 8.95. The van der Waals surface area contributed by atoms with Gasteiger partial charge < -0.3 is 4.40 Å². The van der Waals surface area contributed by atoms with Crippen molar-refractivity contribution in [1.29, 1.82) is 0 Å². The van der Waals surface area contributed by atoms with Gasteiger partial charge in [-0.05, 0) is 63.2 Å². The van der Waals surface area contributed by atoms with E-state index in [1.807, 2.05) is 0 Å². The van der Waals surface area contributed by atoms with Crippen molar-refractivity contribution >= 4 is 59.8 Å². The third kappa shape index (κ3) is 3.33. The zero-order valence-corrected chi connectivity index (χ0v) is 26.4. The lowest BCUT2D eigenvalue weighted by Gasteiger charge is -2.35. The zero-order chi connectivity index (χ0) is 31.5. The number of para-hydroxylation sites is 3. The molecular weight excluding hydrogens is 583 g/mol. The van der Waals surface area contributed by atoms with Crippen LogP contribution in [-0.4, -0.2) is 14.4 Å². The van der Waals surface area contributed by atoms with Crippen molar-refractivity contribution in [3.63, 3.8) is 0 Å². The van der Waals surface area contributed by atoms with Crippen LogP contribution in [0.3, 0.4) is 0 Å². The highest BCUT2D eigenvalue weighted by atomic mass is 14.9. The van der Waals surface area contributed by atoms with Gasteiger partial charge in [0.1, 0.15) is 0 Å². The third-order valence-electron chi connectivity index (χ3n) is 10.9. The molecule has 1 aliphatic carbocycles. The second-order valence-corrected chi connectivity index (χ2v) is 13.3. The van der Waals surface area contributed by atoms with Gasteiger partial charge in [-0.3, -0.25) is 0 Å². The first-order chi connectivity index (χ1) is 23.8. The molecule has 0 aliphatic heterocycles. The van der Waals surface area contributed by atoms with Crippen LogP contribution in [-0.2, 0) is 0 Å². The molecule has 2 unspecified atom stereocenters. The summed E-state index contributed by atoms with van der Waals surface area (Å²) in [6.07, 6.45) is 0. The maximum atomic E-state index is 5.52. The topological polar surface area (TPSA) is 30.2 Å². The van der Waals surface area contributed by atoms with Gasteiger partial charge in [0.15, 0.2) is 5.82 Å². The molecule has 3 aromatic heterocycles. The smallest absolute Gasteiger partial charge is 0.160 e. The minimum Gasteiger partial charge on any atom is -0.308 e. The Hall–Kier alpha value is -6.06. The highest BCUT2D eigenvalue weighted by Gasteiger charge is 2.38. The van der Waals surface area contributed by atoms with Crippen molar-refractivity contribution < 1.29 is 0 Å². The van der Waals surface area contributed by atoms with E-state index in [1.165, 1.54) is 71.1 Å². The molecule has 0 bridgehead atoms. The van der Waals surface area contributed by atoms with Gasteiger partial charge in [-0.2, -0.15) is 0 Å². The molecule has 3 nitrogen and oxygen atoms in total. The minimum atomic E-state index is 0.00388. The van der Waals surface area contributed by atoms with E-state index in [0.717, 1.165) is 28.0 Å². The number of benzene rings is 7. The van der Waals surface area contributed by atoms with Gasteiger partial charge in [-0.1, -0.05) is 128 Å². The summed E-state index contributed by atoms with van der Waals surface area (Å²) in [6, 6.07) is 52.9. The second-order valence-electron chi connectivity index (χ2n) is 13.3. The van der Waals surface area contributed by atoms with Crippen LogP contribution < -0.4 is 0 Å². The predicted octanol–water partition coefficient (Wildman–Crippen LogP) is 11.5. The summed E-state index contributed by atoms with van der Waals surface area (Å²) < 4.78 is 2.50. The Labute approximate surface area is 277 Å². The highest BCUT2D eigenvalue weighted by molar-refractivity contribution is 6.28. The average Bonchev–Trinajstić information content (AvgIpc) is 3.66. The molecule has 0 radical (unpaired) electrons. The molecule has 0 N–H and O–H groups in total. The first-order valence-corrected chi connectivity index (χ1v) is 16.8. The van der Waals surface area contributed by atoms with Crippen molar-refractivity contribution in [1.82, 2.24) is 14.4 Å². The van der Waals surface area contributed by atoms with Gasteiger partial charge >= 0.3 is 0 Å². The zero-order valence-electron chi connectivity index (χ0n) is 26.4. The standard InChI is InChI=1S/C45H29N3/c1-26-39-29-16-6-5-13-27(29)23-24-33(39)41-35(40(26)43-31-18-7-10-20-36(31)46-45(47-43)28-14-3-2-4-15-28)25-34-30-17-8-11-21-37(30)48-38-22-12-9-19-32(38)42(41)44(34)48/h2-26,40H,1H3. The Morgan fingerprint density at radius 3 is 2.06 bits per heavy atom. The van der Waals surface area contributed by atoms with Gasteiger partial charge in [0.25, 0.3) is 0 Å². The number of hydrogen-bond donors (Lipinski definition) is 0. The maximum Gasteiger partial charge on any atom is 0.160 e. The van der Waals surface area contributed by atoms with Crippen LogP contribution in [0.1, 0.15) is 35.6 Å². The summed E-state index contributed by atoms with van der Waals surface area (Å²) in [5.41, 5.74) is 12.3. The highest BCUT2D eigenvalue weighted by Crippen LogP contribution is 2.57. The number of aromatic nitrogens is 3. The average molecular weight is 612 g/mol. The second kappa shape index (κ2) is 9.49. The van der Waals surface area contributed by atoms with Crippen molar-refractivity contribution in [2.24, 2.45) is 0 Å². The summed E-state index contributed by atoms with van der Waals surface area (Å²) >= 11 is 0. The Morgan fingerprint density at radius 1 is 0.562 bits per heavy atom. The Bertz CT molecular complexity index is 2920. The maximum absolute atomic E-state index is 5.52. The fourth-order valence-corrected chi connectivity index (χ4v) is 8.95. The molecule has 0 spiro atoms. The van der Waals surface area contributed by atoms with E-state index < -0.39 is 0 Å². The fraction of sp³-hybridized carbons (Fsp3) is 0.0667. The number of hydrogen-bond acceptors (Lipinski definition) is 2. The van der Waals surface area contributed by atoms with Gasteiger partial charge in [-0.15, -0.1) is 0 Å². The van der Waals surface area contributed by atoms with Crippen LogP contribution >= 0.6 is 0 Å². The molecule has 1 aliphatic rings. The molecule has 3 heterocycles. The lowest BCUT2D eigenvalue weighted by molar-refractivity contribution is 0.643. The van der Waals surface area contributed by atoms with Crippen LogP contribution in [0.2, 0.25) is 0 Å². The molecule has 0 saturated heterocycles. The van der Waals surface area contributed by atoms with Crippen LogP contribution in [0.4, 0.5) is 0 Å². The first kappa shape index (κ1) is 26.1. The third-order valence-corrected chi connectivity index (χ3v) is 10.9. The summed E-state index contributed by atoms with van der Waals surface area (Å²) in [6.45, 7) is 2.42. The molecule has 0 saturated carbocycles. The SMILES string of the molecule is CC1c2c(ccc3ccccc23)-c2c(cc3c4ccccc4n4c5ccccc5c2c34)C1c1nc(-c2ccccc2)nc2ccccc12. The van der Waals surface area contributed by atoms with E-state index in [1.54, 1.807) is 0 Å². The van der Waals surface area contributed by atoms with E-state index in [2.05, 4.69) is 157 Å². The molecule has 3 heteroatoms. The molecule has 10 aromatic rings. The van der Waals surface area contributed by atoms with E-state index in [0.29, 0.717) is 0 Å². The molecule has 2 atom stereocenters. The first-order valence-electron chi connectivity index (χ1n) is 16.8. The summed E-state index contributed by atoms with van der Waals surface area (Å²) in [5, 5.41) is 8.93. The van der Waals surface area contributed by atoms with Crippen molar-refractivity contribution in [2.45, 2.75) is 18.8 Å². The van der Waals surface area contributed by atoms with Crippen molar-refractivity contribution in [3.8, 4) is 22.5 Å². The van der Waals surface area contributed by atoms with E-state index >= 15 is 0 Å². The van der Waals surface area contributed by atoms with E-state index in [4.69, 9.17) is 9.97 Å². The minimum absolute atomic E-state index is 0.00388. The molecule has 224 valence electrons. The van der Waals surface area contributed by atoms with Crippen LogP contribution in [0.25, 0.3) is 82.3 Å². The summed E-state index contributed by atoms with van der Waals surface area (Å²) in [4.78, 5) is 10.6. The normalized spacial score (nSPS) is 16.0. The Kier molecular flexibility index (Phi) is 5.15. The molecule has 48 heavy (non-hydrogen) atoms. The van der Waals surface area contributed by atoms with Crippen LogP contribution in [0.15, 0.2) is 146 Å². The summed E-state index contributed by atoms with van der Waals surface area (Å²) in [5.74, 6) is 0.939. The monoisotopic (exact) mass is 611 g/mol. The van der Waals surface area contributed by atoms with Gasteiger partial charge in [-0.25, -0.2) is 9.97 Å². The molecule has 11 rings (SSSR count). The molecule has 0 fully saturated rings. The van der Waals surface area contributed by atoms with E-state index in [9.17, 15) is 0 Å². The summed E-state index contributed by atoms with van der Waals surface area (Å²) in [7, 11) is 0. The largest absolute Gasteiger partial charge is 0.308 e. The number of rotatable bonds is 2. The molecule has 0 amide bonds. The van der Waals surface area contributed by atoms with Crippen molar-refractivity contribution in [3.05, 3.63) is 162 Å². The molecule has 7 aromatic carbocycles. The van der Waals surface area contributed by atoms with Crippen LogP contribution in [0, 0.1) is 0 Å². The lowest BCUT2D eigenvalue weighted by atomic mass is 9.68. The van der Waals surface area contributed by atoms with Crippen LogP contribution in [0.5, 0.6) is 0 Å². The Morgan fingerprint density at radius 2 is 1.23 bits per heavy atom. The Balaban J connectivity index is 1.36. The van der Waals surface area contributed by atoms with Gasteiger partial charge in [0.05, 0.1) is 27.8 Å². The number of nitrogens with zero attached hydrogens (tertiary/aromatic N) is 3. The quantitative estimate of drug-likeness (QED) is 0.195. The lowest BCUT2D eigenvalue weighted by Crippen LogP contribution is -2.19. The molecular formula is C45H29N3. The van der Waals surface area contributed by atoms with Gasteiger partial charge in [0.2, 0.25) is 0 Å². The number of fused-ring (bicyclic) bond motifs is 13. The van der Waals surface area contributed by atoms with Gasteiger partial charge in [0, 0.05) is 38.4 Å². The van der Waals surface area contributed by atoms with E-state index in [-0.39, 0.29) is 11.8 Å². The predicted molar refractivity (Wildman–Crippen MR) is 199 cm³/mol. The van der Waals surface area contributed by atoms with Crippen molar-refractivity contribution in [2.75, 3.05) is 0 Å².